The maximum atomic E-state index is 12.0. The zero-order valence-electron chi connectivity index (χ0n) is 9.55. The lowest BCUT2D eigenvalue weighted by Crippen LogP contribution is -2.34. The number of sulfone groups is 1. The standard InChI is InChI=1S/C9H14BrN3O3S/c1-13-8(6(10)5-12-13)9(14)7(11)3-4-17(2,15)16/h5,7H,3-4,11H2,1-2H3. The molecule has 0 saturated heterocycles. The summed E-state index contributed by atoms with van der Waals surface area (Å²) >= 11 is 3.20. The lowest BCUT2D eigenvalue weighted by atomic mass is 10.1. The van der Waals surface area contributed by atoms with Crippen molar-refractivity contribution < 1.29 is 13.2 Å². The maximum Gasteiger partial charge on any atom is 0.198 e. The van der Waals surface area contributed by atoms with Crippen molar-refractivity contribution in [1.82, 2.24) is 9.78 Å². The molecular formula is C9H14BrN3O3S. The van der Waals surface area contributed by atoms with Gasteiger partial charge in [0.05, 0.1) is 22.5 Å². The van der Waals surface area contributed by atoms with Gasteiger partial charge in [-0.05, 0) is 22.4 Å². The quantitative estimate of drug-likeness (QED) is 0.777. The van der Waals surface area contributed by atoms with E-state index in [4.69, 9.17) is 5.73 Å². The Morgan fingerprint density at radius 1 is 1.65 bits per heavy atom. The number of carbonyl (C=O) groups is 1. The fourth-order valence-electron chi connectivity index (χ4n) is 1.34. The van der Waals surface area contributed by atoms with Gasteiger partial charge < -0.3 is 5.73 Å². The normalized spacial score (nSPS) is 13.6. The van der Waals surface area contributed by atoms with Crippen molar-refractivity contribution in [3.8, 4) is 0 Å². The third-order valence-corrected chi connectivity index (χ3v) is 3.82. The molecule has 0 aliphatic heterocycles. The minimum Gasteiger partial charge on any atom is -0.321 e. The van der Waals surface area contributed by atoms with E-state index in [1.807, 2.05) is 0 Å². The molecule has 0 radical (unpaired) electrons. The number of nitrogens with zero attached hydrogens (tertiary/aromatic N) is 2. The van der Waals surface area contributed by atoms with Crippen LogP contribution < -0.4 is 5.73 Å². The number of Topliss-reactive ketones (excluding diaryl/α,β-unsaturated/α-hetero) is 1. The third kappa shape index (κ3) is 3.90. The van der Waals surface area contributed by atoms with Gasteiger partial charge in [-0.25, -0.2) is 8.42 Å². The second kappa shape index (κ2) is 5.28. The van der Waals surface area contributed by atoms with E-state index in [2.05, 4.69) is 21.0 Å². The van der Waals surface area contributed by atoms with Gasteiger partial charge in [0.25, 0.3) is 0 Å². The Bertz CT molecular complexity index is 504. The fraction of sp³-hybridized carbons (Fsp3) is 0.556. The monoisotopic (exact) mass is 323 g/mol. The summed E-state index contributed by atoms with van der Waals surface area (Å²) in [5.74, 6) is -0.421. The molecule has 1 aromatic rings. The van der Waals surface area contributed by atoms with Crippen LogP contribution in [0.3, 0.4) is 0 Å². The van der Waals surface area contributed by atoms with Gasteiger partial charge in [-0.15, -0.1) is 0 Å². The first kappa shape index (κ1) is 14.3. The Kier molecular flexibility index (Phi) is 4.45. The van der Waals surface area contributed by atoms with Crippen LogP contribution in [0.15, 0.2) is 10.7 Å². The van der Waals surface area contributed by atoms with Crippen LogP contribution in [0.2, 0.25) is 0 Å². The van der Waals surface area contributed by atoms with Gasteiger partial charge in [-0.3, -0.25) is 9.48 Å². The molecule has 1 unspecified atom stereocenters. The SMILES string of the molecule is Cn1ncc(Br)c1C(=O)C(N)CCS(C)(=O)=O. The van der Waals surface area contributed by atoms with Crippen molar-refractivity contribution in [3.05, 3.63) is 16.4 Å². The predicted molar refractivity (Wildman–Crippen MR) is 67.5 cm³/mol. The number of halogens is 1. The van der Waals surface area contributed by atoms with Crippen molar-refractivity contribution in [2.75, 3.05) is 12.0 Å². The number of nitrogens with two attached hydrogens (primary N) is 1. The third-order valence-electron chi connectivity index (χ3n) is 2.26. The average molecular weight is 324 g/mol. The zero-order chi connectivity index (χ0) is 13.2. The first-order chi connectivity index (χ1) is 7.72. The molecule has 0 aliphatic carbocycles. The Morgan fingerprint density at radius 2 is 2.24 bits per heavy atom. The van der Waals surface area contributed by atoms with E-state index < -0.39 is 15.9 Å². The van der Waals surface area contributed by atoms with Gasteiger partial charge in [0.1, 0.15) is 15.5 Å². The lowest BCUT2D eigenvalue weighted by Gasteiger charge is -2.10. The van der Waals surface area contributed by atoms with Crippen molar-refractivity contribution >= 4 is 31.6 Å². The van der Waals surface area contributed by atoms with Crippen LogP contribution in [-0.2, 0) is 16.9 Å². The minimum absolute atomic E-state index is 0.102. The molecule has 1 rings (SSSR count). The molecule has 0 spiro atoms. The molecule has 8 heteroatoms. The molecule has 0 aromatic carbocycles. The highest BCUT2D eigenvalue weighted by Gasteiger charge is 2.22. The largest absolute Gasteiger partial charge is 0.321 e. The van der Waals surface area contributed by atoms with Crippen LogP contribution in [0, 0.1) is 0 Å². The number of aryl methyl sites for hydroxylation is 1. The molecule has 0 bridgehead atoms. The first-order valence-electron chi connectivity index (χ1n) is 4.87. The summed E-state index contributed by atoms with van der Waals surface area (Å²) in [6, 6.07) is -0.837. The fourth-order valence-corrected chi connectivity index (χ4v) is 2.56. The summed E-state index contributed by atoms with van der Waals surface area (Å²) in [7, 11) is -1.48. The number of aromatic nitrogens is 2. The second-order valence-electron chi connectivity index (χ2n) is 3.85. The highest BCUT2D eigenvalue weighted by molar-refractivity contribution is 9.10. The number of hydrogen-bond acceptors (Lipinski definition) is 5. The summed E-state index contributed by atoms with van der Waals surface area (Å²) in [5.41, 5.74) is 6.03. The van der Waals surface area contributed by atoms with E-state index in [1.54, 1.807) is 7.05 Å². The van der Waals surface area contributed by atoms with Gasteiger partial charge >= 0.3 is 0 Å². The van der Waals surface area contributed by atoms with Crippen molar-refractivity contribution in [2.24, 2.45) is 12.8 Å². The molecule has 0 aliphatic rings. The maximum absolute atomic E-state index is 12.0. The van der Waals surface area contributed by atoms with E-state index in [9.17, 15) is 13.2 Å². The Labute approximate surface area is 108 Å². The van der Waals surface area contributed by atoms with Gasteiger partial charge in [-0.1, -0.05) is 0 Å². The summed E-state index contributed by atoms with van der Waals surface area (Å²) in [6.07, 6.45) is 2.72. The summed E-state index contributed by atoms with van der Waals surface area (Å²) in [6.45, 7) is 0. The topological polar surface area (TPSA) is 95.0 Å². The van der Waals surface area contributed by atoms with E-state index in [0.29, 0.717) is 10.2 Å². The van der Waals surface area contributed by atoms with Crippen molar-refractivity contribution in [1.29, 1.82) is 0 Å². The van der Waals surface area contributed by atoms with Crippen molar-refractivity contribution in [2.45, 2.75) is 12.5 Å². The van der Waals surface area contributed by atoms with Crippen LogP contribution in [-0.4, -0.2) is 42.0 Å². The van der Waals surface area contributed by atoms with Gasteiger partial charge in [0, 0.05) is 13.3 Å². The van der Waals surface area contributed by atoms with Crippen molar-refractivity contribution in [3.63, 3.8) is 0 Å². The smallest absolute Gasteiger partial charge is 0.198 e. The summed E-state index contributed by atoms with van der Waals surface area (Å²) in [4.78, 5) is 12.0. The molecule has 6 nitrogen and oxygen atoms in total. The van der Waals surface area contributed by atoms with Crippen LogP contribution in [0.25, 0.3) is 0 Å². The van der Waals surface area contributed by atoms with Crippen LogP contribution in [0.1, 0.15) is 16.9 Å². The zero-order valence-corrected chi connectivity index (χ0v) is 12.0. The van der Waals surface area contributed by atoms with Crippen LogP contribution in [0.4, 0.5) is 0 Å². The molecule has 2 N–H and O–H groups in total. The molecule has 0 fully saturated rings. The summed E-state index contributed by atoms with van der Waals surface area (Å²) in [5, 5.41) is 3.90. The van der Waals surface area contributed by atoms with E-state index >= 15 is 0 Å². The van der Waals surface area contributed by atoms with Gasteiger partial charge in [0.2, 0.25) is 0 Å². The van der Waals surface area contributed by atoms with E-state index in [-0.39, 0.29) is 18.0 Å². The van der Waals surface area contributed by atoms with Crippen LogP contribution in [0.5, 0.6) is 0 Å². The molecule has 96 valence electrons. The van der Waals surface area contributed by atoms with Crippen LogP contribution >= 0.6 is 15.9 Å². The molecule has 1 atom stereocenters. The minimum atomic E-state index is -3.11. The Balaban J connectivity index is 2.78. The van der Waals surface area contributed by atoms with Gasteiger partial charge in [0.15, 0.2) is 5.78 Å². The Morgan fingerprint density at radius 3 is 2.65 bits per heavy atom. The number of hydrogen-bond donors (Lipinski definition) is 1. The molecule has 1 aromatic heterocycles. The molecular weight excluding hydrogens is 310 g/mol. The Hall–Kier alpha value is -0.730. The van der Waals surface area contributed by atoms with E-state index in [0.717, 1.165) is 6.26 Å². The number of rotatable bonds is 5. The number of carbonyl (C=O) groups excluding carboxylic acids is 1. The van der Waals surface area contributed by atoms with Gasteiger partial charge in [-0.2, -0.15) is 5.10 Å². The predicted octanol–water partition coefficient (Wildman–Crippen LogP) is 0.127. The molecule has 0 saturated carbocycles. The lowest BCUT2D eigenvalue weighted by molar-refractivity contribution is 0.0949. The number of ketones is 1. The molecule has 17 heavy (non-hydrogen) atoms. The molecule has 1 heterocycles. The molecule has 0 amide bonds. The summed E-state index contributed by atoms with van der Waals surface area (Å²) < 4.78 is 23.9. The van der Waals surface area contributed by atoms with E-state index in [1.165, 1.54) is 10.9 Å². The highest BCUT2D eigenvalue weighted by atomic mass is 79.9. The second-order valence-corrected chi connectivity index (χ2v) is 6.97. The highest BCUT2D eigenvalue weighted by Crippen LogP contribution is 2.17. The average Bonchev–Trinajstić information content (AvgIpc) is 2.53. The first-order valence-corrected chi connectivity index (χ1v) is 7.72.